The second-order valence-electron chi connectivity index (χ2n) is 3.90. The molecule has 12 heavy (non-hydrogen) atoms. The van der Waals surface area contributed by atoms with Gasteiger partial charge >= 0.3 is 0 Å². The average Bonchev–Trinajstić information content (AvgIpc) is 2.58. The van der Waals surface area contributed by atoms with Gasteiger partial charge in [0.15, 0.2) is 0 Å². The normalized spacial score (nSPS) is 44.0. The molecule has 0 aliphatic carbocycles. The molecule has 0 aromatic rings. The molecular weight excluding hydrogens is 152 g/mol. The van der Waals surface area contributed by atoms with Crippen molar-refractivity contribution in [2.45, 2.75) is 31.1 Å². The van der Waals surface area contributed by atoms with Crippen molar-refractivity contribution in [2.24, 2.45) is 11.5 Å². The van der Waals surface area contributed by atoms with E-state index >= 15 is 0 Å². The molecule has 0 saturated carbocycles. The quantitative estimate of drug-likeness (QED) is 0.456. The average molecular weight is 170 g/mol. The first kappa shape index (κ1) is 8.44. The van der Waals surface area contributed by atoms with Crippen LogP contribution in [0.15, 0.2) is 0 Å². The van der Waals surface area contributed by atoms with Crippen molar-refractivity contribution in [3.8, 4) is 0 Å². The molecule has 2 fully saturated rings. The highest BCUT2D eigenvalue weighted by Gasteiger charge is 2.32. The number of nitrogens with one attached hydrogen (secondary N) is 1. The molecule has 2 heterocycles. The van der Waals surface area contributed by atoms with Gasteiger partial charge in [-0.2, -0.15) is 0 Å². The molecule has 70 valence electrons. The molecule has 2 saturated heterocycles. The molecule has 2 aliphatic heterocycles. The number of nitrogens with zero attached hydrogens (tertiary/aromatic N) is 1. The van der Waals surface area contributed by atoms with E-state index in [4.69, 9.17) is 11.5 Å². The molecule has 0 aromatic carbocycles. The maximum atomic E-state index is 5.96. The molecular formula is C8H18N4. The minimum absolute atomic E-state index is 0.301. The molecule has 4 heteroatoms. The lowest BCUT2D eigenvalue weighted by Crippen LogP contribution is -2.50. The molecule has 5 N–H and O–H groups in total. The van der Waals surface area contributed by atoms with Crippen molar-refractivity contribution in [2.75, 3.05) is 19.6 Å². The summed E-state index contributed by atoms with van der Waals surface area (Å²) in [7, 11) is 0. The van der Waals surface area contributed by atoms with E-state index < -0.39 is 0 Å². The van der Waals surface area contributed by atoms with Gasteiger partial charge in [0.25, 0.3) is 0 Å². The van der Waals surface area contributed by atoms with Crippen LogP contribution in [0.25, 0.3) is 0 Å². The highest BCUT2D eigenvalue weighted by Crippen LogP contribution is 2.15. The summed E-state index contributed by atoms with van der Waals surface area (Å²) < 4.78 is 0. The molecule has 0 aromatic heterocycles. The smallest absolute Gasteiger partial charge is 0.0754 e. The van der Waals surface area contributed by atoms with Crippen LogP contribution in [-0.4, -0.2) is 42.8 Å². The van der Waals surface area contributed by atoms with Crippen LogP contribution in [0, 0.1) is 0 Å². The molecule has 0 spiro atoms. The molecule has 2 aliphatic rings. The standard InChI is InChI=1S/C8H18N4/c9-6-2-4-12(5-6)8-7(10)1-3-11-8/h6-8,11H,1-5,9-10H2/t6-,7+,8+/m0/s1. The molecule has 2 rings (SSSR count). The Kier molecular flexibility index (Phi) is 2.32. The number of hydrogen-bond acceptors (Lipinski definition) is 4. The zero-order valence-electron chi connectivity index (χ0n) is 7.37. The number of hydrogen-bond donors (Lipinski definition) is 3. The third-order valence-corrected chi connectivity index (χ3v) is 2.89. The van der Waals surface area contributed by atoms with Crippen molar-refractivity contribution in [3.05, 3.63) is 0 Å². The SMILES string of the molecule is N[C@H]1CCN([C@H]2NCC[C@H]2N)C1. The Morgan fingerprint density at radius 3 is 2.58 bits per heavy atom. The topological polar surface area (TPSA) is 67.3 Å². The number of nitrogens with two attached hydrogens (primary N) is 2. The van der Waals surface area contributed by atoms with Crippen molar-refractivity contribution >= 4 is 0 Å². The van der Waals surface area contributed by atoms with E-state index in [0.29, 0.717) is 18.2 Å². The van der Waals surface area contributed by atoms with Crippen LogP contribution >= 0.6 is 0 Å². The summed E-state index contributed by atoms with van der Waals surface area (Å²) in [6, 6.07) is 0.662. The zero-order chi connectivity index (χ0) is 8.55. The highest BCUT2D eigenvalue weighted by molar-refractivity contribution is 4.91. The largest absolute Gasteiger partial charge is 0.326 e. The monoisotopic (exact) mass is 170 g/mol. The Balaban J connectivity index is 1.91. The second kappa shape index (κ2) is 3.30. The van der Waals surface area contributed by atoms with Gasteiger partial charge in [0.05, 0.1) is 6.17 Å². The number of rotatable bonds is 1. The maximum absolute atomic E-state index is 5.96. The molecule has 4 nitrogen and oxygen atoms in total. The van der Waals surface area contributed by atoms with E-state index in [0.717, 1.165) is 32.5 Å². The molecule has 0 bridgehead atoms. The minimum Gasteiger partial charge on any atom is -0.326 e. The lowest BCUT2D eigenvalue weighted by Gasteiger charge is -2.26. The predicted molar refractivity (Wildman–Crippen MR) is 48.5 cm³/mol. The summed E-state index contributed by atoms with van der Waals surface area (Å²) in [5.74, 6) is 0. The van der Waals surface area contributed by atoms with Crippen LogP contribution in [0.5, 0.6) is 0 Å². The van der Waals surface area contributed by atoms with Crippen molar-refractivity contribution in [1.29, 1.82) is 0 Å². The van der Waals surface area contributed by atoms with Crippen molar-refractivity contribution in [1.82, 2.24) is 10.2 Å². The van der Waals surface area contributed by atoms with E-state index in [1.165, 1.54) is 0 Å². The summed E-state index contributed by atoms with van der Waals surface area (Å²) >= 11 is 0. The van der Waals surface area contributed by atoms with Gasteiger partial charge in [-0.25, -0.2) is 0 Å². The second-order valence-corrected chi connectivity index (χ2v) is 3.90. The molecule has 0 radical (unpaired) electrons. The van der Waals surface area contributed by atoms with Gasteiger partial charge in [0.1, 0.15) is 0 Å². The van der Waals surface area contributed by atoms with Crippen LogP contribution in [0.4, 0.5) is 0 Å². The van der Waals surface area contributed by atoms with Crippen LogP contribution in [0.1, 0.15) is 12.8 Å². The summed E-state index contributed by atoms with van der Waals surface area (Å²) in [4.78, 5) is 2.38. The Hall–Kier alpha value is -0.160. The fourth-order valence-corrected chi connectivity index (χ4v) is 2.18. The summed E-state index contributed by atoms with van der Waals surface area (Å²) in [5.41, 5.74) is 11.8. The maximum Gasteiger partial charge on any atom is 0.0754 e. The molecule has 0 unspecified atom stereocenters. The fourth-order valence-electron chi connectivity index (χ4n) is 2.18. The van der Waals surface area contributed by atoms with Crippen LogP contribution in [-0.2, 0) is 0 Å². The molecule has 3 atom stereocenters. The van der Waals surface area contributed by atoms with Gasteiger partial charge in [-0.3, -0.25) is 4.90 Å². The van der Waals surface area contributed by atoms with E-state index in [2.05, 4.69) is 10.2 Å². The Morgan fingerprint density at radius 1 is 1.25 bits per heavy atom. The van der Waals surface area contributed by atoms with Crippen LogP contribution in [0.3, 0.4) is 0 Å². The Morgan fingerprint density at radius 2 is 2.08 bits per heavy atom. The number of likely N-dealkylation sites (tertiary alicyclic amines) is 1. The van der Waals surface area contributed by atoms with E-state index in [9.17, 15) is 0 Å². The lowest BCUT2D eigenvalue weighted by atomic mass is 10.2. The minimum atomic E-state index is 0.301. The summed E-state index contributed by atoms with van der Waals surface area (Å²) in [5, 5.41) is 3.41. The zero-order valence-corrected chi connectivity index (χ0v) is 7.37. The fraction of sp³-hybridized carbons (Fsp3) is 1.00. The van der Waals surface area contributed by atoms with Crippen molar-refractivity contribution in [3.63, 3.8) is 0 Å². The van der Waals surface area contributed by atoms with E-state index in [1.54, 1.807) is 0 Å². The first-order valence-corrected chi connectivity index (χ1v) is 4.76. The van der Waals surface area contributed by atoms with Crippen LogP contribution in [0.2, 0.25) is 0 Å². The third kappa shape index (κ3) is 1.47. The highest BCUT2D eigenvalue weighted by atomic mass is 15.3. The van der Waals surface area contributed by atoms with Gasteiger partial charge in [-0.1, -0.05) is 0 Å². The first-order valence-electron chi connectivity index (χ1n) is 4.76. The van der Waals surface area contributed by atoms with Crippen molar-refractivity contribution < 1.29 is 0 Å². The Bertz CT molecular complexity index is 161. The predicted octanol–water partition coefficient (Wildman–Crippen LogP) is -1.33. The van der Waals surface area contributed by atoms with Gasteiger partial charge < -0.3 is 16.8 Å². The van der Waals surface area contributed by atoms with Gasteiger partial charge in [-0.05, 0) is 19.4 Å². The van der Waals surface area contributed by atoms with Crippen LogP contribution < -0.4 is 16.8 Å². The lowest BCUT2D eigenvalue weighted by molar-refractivity contribution is 0.206. The van der Waals surface area contributed by atoms with E-state index in [-0.39, 0.29) is 0 Å². The first-order chi connectivity index (χ1) is 5.77. The van der Waals surface area contributed by atoms with Gasteiger partial charge in [0.2, 0.25) is 0 Å². The Labute approximate surface area is 73.3 Å². The van der Waals surface area contributed by atoms with Gasteiger partial charge in [-0.15, -0.1) is 0 Å². The molecule has 0 amide bonds. The third-order valence-electron chi connectivity index (χ3n) is 2.89. The van der Waals surface area contributed by atoms with E-state index in [1.807, 2.05) is 0 Å². The summed E-state index contributed by atoms with van der Waals surface area (Å²) in [6.07, 6.45) is 2.60. The summed E-state index contributed by atoms with van der Waals surface area (Å²) in [6.45, 7) is 3.16. The van der Waals surface area contributed by atoms with Gasteiger partial charge in [0, 0.05) is 25.2 Å².